The smallest absolute Gasteiger partial charge is 0.272 e. The van der Waals surface area contributed by atoms with Crippen LogP contribution in [0.3, 0.4) is 0 Å². The molecule has 0 spiro atoms. The predicted molar refractivity (Wildman–Crippen MR) is 80.7 cm³/mol. The molecule has 7 heteroatoms. The summed E-state index contributed by atoms with van der Waals surface area (Å²) in [5.41, 5.74) is 0.719. The molecule has 3 heterocycles. The number of aryl methyl sites for hydroxylation is 1. The summed E-state index contributed by atoms with van der Waals surface area (Å²) < 4.78 is 5.13. The van der Waals surface area contributed by atoms with Gasteiger partial charge in [-0.05, 0) is 24.6 Å². The molecule has 0 fully saturated rings. The third-order valence-electron chi connectivity index (χ3n) is 3.20. The molecule has 22 heavy (non-hydrogen) atoms. The summed E-state index contributed by atoms with van der Waals surface area (Å²) in [5.74, 6) is 0.485. The minimum atomic E-state index is -0.407. The van der Waals surface area contributed by atoms with Gasteiger partial charge in [-0.2, -0.15) is 0 Å². The molecule has 3 aromatic rings. The number of nitrogens with one attached hydrogen (secondary N) is 3. The number of furan rings is 1. The first-order valence-electron chi connectivity index (χ1n) is 6.79. The highest BCUT2D eigenvalue weighted by Gasteiger charge is 2.02. The van der Waals surface area contributed by atoms with Gasteiger partial charge in [0.05, 0.1) is 18.3 Å². The molecule has 0 saturated heterocycles. The van der Waals surface area contributed by atoms with Gasteiger partial charge in [0.2, 0.25) is 0 Å². The average molecular weight is 298 g/mol. The lowest BCUT2D eigenvalue weighted by atomic mass is 10.2. The summed E-state index contributed by atoms with van der Waals surface area (Å²) in [6.45, 7) is 1.97. The Labute approximate surface area is 124 Å². The highest BCUT2D eigenvalue weighted by atomic mass is 16.3. The Kier molecular flexibility index (Phi) is 3.61. The molecule has 7 nitrogen and oxygen atoms in total. The molecular weight excluding hydrogens is 284 g/mol. The van der Waals surface area contributed by atoms with Crippen molar-refractivity contribution in [2.24, 2.45) is 0 Å². The van der Waals surface area contributed by atoms with Crippen LogP contribution in [0.25, 0.3) is 12.2 Å². The Bertz CT molecular complexity index is 1010. The Morgan fingerprint density at radius 3 is 2.55 bits per heavy atom. The Hall–Kier alpha value is -3.09. The van der Waals surface area contributed by atoms with E-state index in [1.54, 1.807) is 24.5 Å². The Morgan fingerprint density at radius 1 is 1.18 bits per heavy atom. The van der Waals surface area contributed by atoms with E-state index in [9.17, 15) is 9.59 Å². The third kappa shape index (κ3) is 2.69. The molecule has 0 aliphatic heterocycles. The summed E-state index contributed by atoms with van der Waals surface area (Å²) in [7, 11) is 0. The first-order valence-corrected chi connectivity index (χ1v) is 6.79. The van der Waals surface area contributed by atoms with Gasteiger partial charge in [0, 0.05) is 11.8 Å². The average Bonchev–Trinajstić information content (AvgIpc) is 3.15. The normalized spacial score (nSPS) is 13.0. The lowest BCUT2D eigenvalue weighted by Crippen LogP contribution is -2.46. The summed E-state index contributed by atoms with van der Waals surface area (Å²) in [4.78, 5) is 36.4. The number of rotatable bonds is 3. The monoisotopic (exact) mass is 298 g/mol. The first kappa shape index (κ1) is 13.9. The molecule has 3 aromatic heterocycles. The van der Waals surface area contributed by atoms with Gasteiger partial charge in [0.25, 0.3) is 11.1 Å². The van der Waals surface area contributed by atoms with Crippen LogP contribution in [0.2, 0.25) is 0 Å². The van der Waals surface area contributed by atoms with Crippen molar-refractivity contribution in [3.05, 3.63) is 73.3 Å². The maximum absolute atomic E-state index is 12.1. The lowest BCUT2D eigenvalue weighted by Gasteiger charge is -1.93. The second kappa shape index (κ2) is 5.72. The van der Waals surface area contributed by atoms with Gasteiger partial charge < -0.3 is 19.4 Å². The van der Waals surface area contributed by atoms with E-state index >= 15 is 0 Å². The number of hydrogen-bond donors (Lipinski definition) is 3. The molecule has 0 aliphatic rings. The van der Waals surface area contributed by atoms with Crippen LogP contribution in [0.4, 0.5) is 0 Å². The molecule has 0 unspecified atom stereocenters. The van der Waals surface area contributed by atoms with Gasteiger partial charge in [0.15, 0.2) is 0 Å². The minimum Gasteiger partial charge on any atom is -0.465 e. The van der Waals surface area contributed by atoms with Crippen LogP contribution in [-0.4, -0.2) is 19.9 Å². The van der Waals surface area contributed by atoms with Gasteiger partial charge >= 0.3 is 0 Å². The van der Waals surface area contributed by atoms with Crippen molar-refractivity contribution >= 4 is 12.2 Å². The number of hydrogen-bond acceptors (Lipinski definition) is 4. The number of nitrogens with zero attached hydrogens (tertiary/aromatic N) is 1. The SMILES string of the molecule is CCc1[nH]cnc1/C=c1\[nH]c(=O)/c(=C/c2ccco2)[nH]c1=O. The van der Waals surface area contributed by atoms with Gasteiger partial charge in [-0.1, -0.05) is 6.92 Å². The van der Waals surface area contributed by atoms with Gasteiger partial charge in [-0.25, -0.2) is 4.98 Å². The molecular formula is C15H14N4O3. The molecule has 3 N–H and O–H groups in total. The second-order valence-electron chi connectivity index (χ2n) is 4.66. The zero-order valence-corrected chi connectivity index (χ0v) is 11.8. The van der Waals surface area contributed by atoms with Crippen LogP contribution in [0.5, 0.6) is 0 Å². The largest absolute Gasteiger partial charge is 0.465 e. The van der Waals surface area contributed by atoms with Crippen molar-refractivity contribution in [3.8, 4) is 0 Å². The molecule has 0 amide bonds. The van der Waals surface area contributed by atoms with E-state index in [0.717, 1.165) is 12.1 Å². The fourth-order valence-electron chi connectivity index (χ4n) is 2.09. The first-order chi connectivity index (χ1) is 10.7. The molecule has 0 atom stereocenters. The van der Waals surface area contributed by atoms with E-state index in [2.05, 4.69) is 19.9 Å². The summed E-state index contributed by atoms with van der Waals surface area (Å²) in [6.07, 6.45) is 6.81. The van der Waals surface area contributed by atoms with Crippen LogP contribution >= 0.6 is 0 Å². The summed E-state index contributed by atoms with van der Waals surface area (Å²) in [5, 5.41) is 0.290. The molecule has 3 rings (SSSR count). The van der Waals surface area contributed by atoms with Crippen molar-refractivity contribution in [1.82, 2.24) is 19.9 Å². The molecule has 0 bridgehead atoms. The number of H-pyrrole nitrogens is 3. The lowest BCUT2D eigenvalue weighted by molar-refractivity contribution is 0.556. The van der Waals surface area contributed by atoms with Crippen LogP contribution in [0.15, 0.2) is 38.7 Å². The standard InChI is InChI=1S/C15H14N4O3/c1-2-10-11(17-8-16-10)7-13-15(21)18-12(14(20)19-13)6-9-4-3-5-22-9/h3-8H,2H2,1H3,(H,16,17)(H,18,21)(H,19,20)/b12-6-,13-7-. The number of aromatic amines is 3. The predicted octanol–water partition coefficient (Wildman–Crippen LogP) is -0.401. The van der Waals surface area contributed by atoms with Crippen LogP contribution in [-0.2, 0) is 6.42 Å². The zero-order valence-electron chi connectivity index (χ0n) is 11.8. The fourth-order valence-corrected chi connectivity index (χ4v) is 2.09. The highest BCUT2D eigenvalue weighted by molar-refractivity contribution is 5.46. The van der Waals surface area contributed by atoms with Crippen molar-refractivity contribution in [2.75, 3.05) is 0 Å². The van der Waals surface area contributed by atoms with Crippen LogP contribution in [0, 0.1) is 0 Å². The molecule has 0 saturated carbocycles. The topological polar surface area (TPSA) is 108 Å². The highest BCUT2D eigenvalue weighted by Crippen LogP contribution is 2.02. The van der Waals surface area contributed by atoms with E-state index in [1.807, 2.05) is 6.92 Å². The quantitative estimate of drug-likeness (QED) is 0.611. The maximum Gasteiger partial charge on any atom is 0.272 e. The minimum absolute atomic E-state index is 0.134. The van der Waals surface area contributed by atoms with Crippen LogP contribution in [0.1, 0.15) is 24.1 Å². The molecule has 0 aliphatic carbocycles. The van der Waals surface area contributed by atoms with E-state index in [4.69, 9.17) is 4.42 Å². The fraction of sp³-hybridized carbons (Fsp3) is 0.133. The third-order valence-corrected chi connectivity index (χ3v) is 3.20. The van der Waals surface area contributed by atoms with Crippen molar-refractivity contribution < 1.29 is 4.42 Å². The summed E-state index contributed by atoms with van der Waals surface area (Å²) >= 11 is 0. The van der Waals surface area contributed by atoms with Crippen LogP contribution < -0.4 is 21.8 Å². The van der Waals surface area contributed by atoms with Gasteiger partial charge in [0.1, 0.15) is 16.5 Å². The molecule has 0 radical (unpaired) electrons. The van der Waals surface area contributed by atoms with Gasteiger partial charge in [-0.3, -0.25) is 9.59 Å². The van der Waals surface area contributed by atoms with E-state index in [1.165, 1.54) is 12.3 Å². The zero-order chi connectivity index (χ0) is 15.5. The van der Waals surface area contributed by atoms with Crippen molar-refractivity contribution in [2.45, 2.75) is 13.3 Å². The van der Waals surface area contributed by atoms with Crippen molar-refractivity contribution in [3.63, 3.8) is 0 Å². The Morgan fingerprint density at radius 2 is 1.91 bits per heavy atom. The van der Waals surface area contributed by atoms with E-state index in [-0.39, 0.29) is 10.7 Å². The van der Waals surface area contributed by atoms with Gasteiger partial charge in [-0.15, -0.1) is 0 Å². The maximum atomic E-state index is 12.1. The molecule has 0 aromatic carbocycles. The number of imidazole rings is 1. The van der Waals surface area contributed by atoms with E-state index < -0.39 is 11.1 Å². The van der Waals surface area contributed by atoms with E-state index in [0.29, 0.717) is 11.5 Å². The summed E-state index contributed by atoms with van der Waals surface area (Å²) in [6, 6.07) is 3.39. The molecule has 112 valence electrons. The second-order valence-corrected chi connectivity index (χ2v) is 4.66. The van der Waals surface area contributed by atoms with Crippen molar-refractivity contribution in [1.29, 1.82) is 0 Å². The number of aromatic nitrogens is 4. The Balaban J connectivity index is 2.15.